The van der Waals surface area contributed by atoms with E-state index in [1.165, 1.54) is 23.1 Å². The summed E-state index contributed by atoms with van der Waals surface area (Å²) in [5.41, 5.74) is 7.64. The highest BCUT2D eigenvalue weighted by Gasteiger charge is 2.26. The number of rotatable bonds is 8. The molecule has 0 saturated carbocycles. The molecule has 0 aromatic heterocycles. The van der Waals surface area contributed by atoms with E-state index in [2.05, 4.69) is 5.32 Å². The van der Waals surface area contributed by atoms with Crippen molar-refractivity contribution in [1.82, 2.24) is 10.2 Å². The molecule has 0 aliphatic carbocycles. The van der Waals surface area contributed by atoms with Crippen LogP contribution in [0.1, 0.15) is 28.8 Å². The van der Waals surface area contributed by atoms with Crippen LogP contribution in [0.4, 0.5) is 4.39 Å². The highest BCUT2D eigenvalue weighted by atomic mass is 35.5. The van der Waals surface area contributed by atoms with Gasteiger partial charge in [-0.05, 0) is 48.0 Å². The summed E-state index contributed by atoms with van der Waals surface area (Å²) >= 11 is 6.15. The molecule has 3 N–H and O–H groups in total. The van der Waals surface area contributed by atoms with Gasteiger partial charge in [0.15, 0.2) is 0 Å². The van der Waals surface area contributed by atoms with Gasteiger partial charge in [-0.25, -0.2) is 4.39 Å². The second-order valence-corrected chi connectivity index (χ2v) is 7.68. The summed E-state index contributed by atoms with van der Waals surface area (Å²) < 4.78 is 13.6. The Labute approximate surface area is 185 Å². The van der Waals surface area contributed by atoms with E-state index in [-0.39, 0.29) is 12.5 Å². The van der Waals surface area contributed by atoms with Crippen LogP contribution in [0.3, 0.4) is 0 Å². The zero-order valence-electron chi connectivity index (χ0n) is 17.0. The first-order valence-electron chi connectivity index (χ1n) is 9.70. The second kappa shape index (κ2) is 10.2. The van der Waals surface area contributed by atoms with Crippen LogP contribution >= 0.6 is 11.6 Å². The van der Waals surface area contributed by atoms with E-state index in [1.807, 2.05) is 42.5 Å². The molecule has 0 bridgehead atoms. The van der Waals surface area contributed by atoms with E-state index < -0.39 is 23.8 Å². The van der Waals surface area contributed by atoms with Gasteiger partial charge in [0.1, 0.15) is 11.9 Å². The lowest BCUT2D eigenvalue weighted by Gasteiger charge is -2.27. The lowest BCUT2D eigenvalue weighted by Crippen LogP contribution is -2.42. The molecule has 0 heterocycles. The Morgan fingerprint density at radius 1 is 0.968 bits per heavy atom. The smallest absolute Gasteiger partial charge is 0.239 e. The number of amides is 2. The number of benzene rings is 3. The molecular formula is C24H23ClFN3O2. The topological polar surface area (TPSA) is 75.4 Å². The molecule has 5 nitrogen and oxygen atoms in total. The van der Waals surface area contributed by atoms with Crippen molar-refractivity contribution in [1.29, 1.82) is 0 Å². The highest BCUT2D eigenvalue weighted by molar-refractivity contribution is 6.30. The lowest BCUT2D eigenvalue weighted by molar-refractivity contribution is -0.126. The van der Waals surface area contributed by atoms with Gasteiger partial charge in [0.05, 0.1) is 12.6 Å². The Bertz CT molecular complexity index is 1060. The third kappa shape index (κ3) is 5.90. The van der Waals surface area contributed by atoms with Crippen LogP contribution in [0, 0.1) is 5.82 Å². The molecule has 0 fully saturated rings. The molecule has 0 aliphatic heterocycles. The Hall–Kier alpha value is -3.22. The molecule has 0 aliphatic rings. The van der Waals surface area contributed by atoms with Crippen LogP contribution < -0.4 is 11.1 Å². The van der Waals surface area contributed by atoms with Crippen molar-refractivity contribution in [2.75, 3.05) is 13.6 Å². The molecule has 2 unspecified atom stereocenters. The first-order chi connectivity index (χ1) is 14.8. The van der Waals surface area contributed by atoms with Gasteiger partial charge in [-0.1, -0.05) is 66.2 Å². The van der Waals surface area contributed by atoms with Crippen LogP contribution in [-0.2, 0) is 9.59 Å². The molecule has 0 spiro atoms. The molecule has 3 aromatic rings. The molecular weight excluding hydrogens is 417 g/mol. The molecule has 3 rings (SSSR count). The Morgan fingerprint density at radius 3 is 2.26 bits per heavy atom. The predicted molar refractivity (Wildman–Crippen MR) is 119 cm³/mol. The molecule has 2 amide bonds. The highest BCUT2D eigenvalue weighted by Crippen LogP contribution is 2.25. The van der Waals surface area contributed by atoms with Crippen LogP contribution in [0.2, 0.25) is 5.02 Å². The first kappa shape index (κ1) is 22.5. The average Bonchev–Trinajstić information content (AvgIpc) is 2.72. The SMILES string of the molecule is CN(CC(=O)NC(c1ccccc1)c1cccc(Cl)c1)C(C(N)=O)c1cccc(F)c1. The molecule has 160 valence electrons. The Balaban J connectivity index is 1.80. The summed E-state index contributed by atoms with van der Waals surface area (Å²) in [4.78, 5) is 26.4. The van der Waals surface area contributed by atoms with Crippen molar-refractivity contribution in [2.24, 2.45) is 5.73 Å². The molecule has 2 atom stereocenters. The van der Waals surface area contributed by atoms with Crippen LogP contribution in [-0.4, -0.2) is 30.3 Å². The number of likely N-dealkylation sites (N-methyl/N-ethyl adjacent to an activating group) is 1. The standard InChI is InChI=1S/C24H23ClFN3O2/c1-29(23(24(27)31)18-10-6-12-20(26)14-18)15-21(30)28-22(16-7-3-2-4-8-16)17-9-5-11-19(25)13-17/h2-14,22-23H,15H2,1H3,(H2,27,31)(H,28,30). The summed E-state index contributed by atoms with van der Waals surface area (Å²) in [6.07, 6.45) is 0. The van der Waals surface area contributed by atoms with E-state index in [0.717, 1.165) is 11.1 Å². The largest absolute Gasteiger partial charge is 0.368 e. The van der Waals surface area contributed by atoms with Crippen molar-refractivity contribution >= 4 is 23.4 Å². The van der Waals surface area contributed by atoms with E-state index in [1.54, 1.807) is 25.2 Å². The maximum absolute atomic E-state index is 13.6. The van der Waals surface area contributed by atoms with Crippen LogP contribution in [0.15, 0.2) is 78.9 Å². The first-order valence-corrected chi connectivity index (χ1v) is 10.1. The lowest BCUT2D eigenvalue weighted by atomic mass is 9.98. The zero-order valence-corrected chi connectivity index (χ0v) is 17.7. The summed E-state index contributed by atoms with van der Waals surface area (Å²) in [5, 5.41) is 3.56. The number of nitrogens with zero attached hydrogens (tertiary/aromatic N) is 1. The number of nitrogens with two attached hydrogens (primary N) is 1. The third-order valence-corrected chi connectivity index (χ3v) is 5.12. The third-order valence-electron chi connectivity index (χ3n) is 4.89. The molecule has 7 heteroatoms. The van der Waals surface area contributed by atoms with Gasteiger partial charge in [0.25, 0.3) is 0 Å². The molecule has 0 saturated heterocycles. The minimum absolute atomic E-state index is 0.117. The maximum atomic E-state index is 13.6. The molecule has 31 heavy (non-hydrogen) atoms. The van der Waals surface area contributed by atoms with Crippen molar-refractivity contribution in [2.45, 2.75) is 12.1 Å². The summed E-state index contributed by atoms with van der Waals surface area (Å²) in [6.45, 7) is -0.117. The number of carbonyl (C=O) groups excluding carboxylic acids is 2. The van der Waals surface area contributed by atoms with Crippen molar-refractivity contribution in [3.63, 3.8) is 0 Å². The number of nitrogens with one attached hydrogen (secondary N) is 1. The molecule has 0 radical (unpaired) electrons. The van der Waals surface area contributed by atoms with Crippen LogP contribution in [0.5, 0.6) is 0 Å². The number of hydrogen-bond donors (Lipinski definition) is 2. The van der Waals surface area contributed by atoms with E-state index >= 15 is 0 Å². The fourth-order valence-electron chi connectivity index (χ4n) is 3.53. The van der Waals surface area contributed by atoms with Gasteiger partial charge in [-0.3, -0.25) is 14.5 Å². The summed E-state index contributed by atoms with van der Waals surface area (Å²) in [5.74, 6) is -1.47. The average molecular weight is 440 g/mol. The van der Waals surface area contributed by atoms with Crippen LogP contribution in [0.25, 0.3) is 0 Å². The van der Waals surface area contributed by atoms with Gasteiger partial charge < -0.3 is 11.1 Å². The van der Waals surface area contributed by atoms with E-state index in [4.69, 9.17) is 17.3 Å². The fourth-order valence-corrected chi connectivity index (χ4v) is 3.73. The van der Waals surface area contributed by atoms with Crippen molar-refractivity contribution in [3.8, 4) is 0 Å². The summed E-state index contributed by atoms with van der Waals surface area (Å²) in [6, 6.07) is 21.0. The number of halogens is 2. The summed E-state index contributed by atoms with van der Waals surface area (Å²) in [7, 11) is 1.59. The number of hydrogen-bond acceptors (Lipinski definition) is 3. The number of primary amides is 1. The zero-order chi connectivity index (χ0) is 22.4. The van der Waals surface area contributed by atoms with Crippen molar-refractivity contribution in [3.05, 3.63) is 106 Å². The Morgan fingerprint density at radius 2 is 1.61 bits per heavy atom. The Kier molecular flexibility index (Phi) is 7.39. The maximum Gasteiger partial charge on any atom is 0.239 e. The fraction of sp³-hybridized carbons (Fsp3) is 0.167. The van der Waals surface area contributed by atoms with Gasteiger partial charge in [0.2, 0.25) is 11.8 Å². The number of carbonyl (C=O) groups is 2. The molecule has 3 aromatic carbocycles. The van der Waals surface area contributed by atoms with Gasteiger partial charge in [0, 0.05) is 5.02 Å². The monoisotopic (exact) mass is 439 g/mol. The van der Waals surface area contributed by atoms with Gasteiger partial charge in [-0.15, -0.1) is 0 Å². The van der Waals surface area contributed by atoms with Gasteiger partial charge >= 0.3 is 0 Å². The quantitative estimate of drug-likeness (QED) is 0.560. The minimum atomic E-state index is -0.942. The minimum Gasteiger partial charge on any atom is -0.368 e. The van der Waals surface area contributed by atoms with E-state index in [0.29, 0.717) is 10.6 Å². The normalized spacial score (nSPS) is 12.9. The van der Waals surface area contributed by atoms with E-state index in [9.17, 15) is 14.0 Å². The van der Waals surface area contributed by atoms with Gasteiger partial charge in [-0.2, -0.15) is 0 Å². The predicted octanol–water partition coefficient (Wildman–Crippen LogP) is 3.84. The van der Waals surface area contributed by atoms with Crippen molar-refractivity contribution < 1.29 is 14.0 Å². The second-order valence-electron chi connectivity index (χ2n) is 7.24.